The molecule has 1 amide bonds. The van der Waals surface area contributed by atoms with Crippen LogP contribution in [0.25, 0.3) is 11.0 Å². The molecule has 3 heterocycles. The number of fused-ring (bicyclic) bond motifs is 2. The summed E-state index contributed by atoms with van der Waals surface area (Å²) in [5.41, 5.74) is -0.121. The van der Waals surface area contributed by atoms with E-state index in [-0.39, 0.29) is 28.4 Å². The second-order valence-electron chi connectivity index (χ2n) is 9.26. The predicted molar refractivity (Wildman–Crippen MR) is 120 cm³/mol. The summed E-state index contributed by atoms with van der Waals surface area (Å²) in [4.78, 5) is 35.5. The van der Waals surface area contributed by atoms with Gasteiger partial charge in [0.25, 0.3) is 12.0 Å². The molecule has 3 atom stereocenters. The van der Waals surface area contributed by atoms with Gasteiger partial charge in [-0.2, -0.15) is 0 Å². The summed E-state index contributed by atoms with van der Waals surface area (Å²) in [6, 6.07) is 5.00. The van der Waals surface area contributed by atoms with E-state index >= 15 is 0 Å². The lowest BCUT2D eigenvalue weighted by Gasteiger charge is -2.21. The van der Waals surface area contributed by atoms with E-state index in [4.69, 9.17) is 0 Å². The summed E-state index contributed by atoms with van der Waals surface area (Å²) < 4.78 is 42.5. The third-order valence-corrected chi connectivity index (χ3v) is 7.25. The summed E-state index contributed by atoms with van der Waals surface area (Å²) in [6.07, 6.45) is -0.792. The topological polar surface area (TPSA) is 80.1 Å². The van der Waals surface area contributed by atoms with Crippen LogP contribution in [-0.4, -0.2) is 38.4 Å². The van der Waals surface area contributed by atoms with Gasteiger partial charge in [-0.15, -0.1) is 0 Å². The molecule has 7 nitrogen and oxygen atoms in total. The second kappa shape index (κ2) is 7.82. The number of anilines is 1. The molecular formula is C24H24F3N5O2. The molecule has 5 rings (SSSR count). The van der Waals surface area contributed by atoms with Crippen molar-refractivity contribution in [3.8, 4) is 0 Å². The number of rotatable bonds is 5. The van der Waals surface area contributed by atoms with Crippen LogP contribution >= 0.6 is 0 Å². The van der Waals surface area contributed by atoms with Crippen molar-refractivity contribution < 1.29 is 18.0 Å². The molecular weight excluding hydrogens is 447 g/mol. The van der Waals surface area contributed by atoms with Gasteiger partial charge in [0, 0.05) is 43.6 Å². The van der Waals surface area contributed by atoms with Gasteiger partial charge in [-0.25, -0.2) is 23.1 Å². The molecule has 1 saturated heterocycles. The first-order chi connectivity index (χ1) is 16.1. The first kappa shape index (κ1) is 22.4. The monoisotopic (exact) mass is 471 g/mol. The molecule has 1 N–H and O–H groups in total. The third-order valence-electron chi connectivity index (χ3n) is 7.25. The first-order valence-corrected chi connectivity index (χ1v) is 11.1. The molecule has 1 aliphatic carbocycles. The second-order valence-corrected chi connectivity index (χ2v) is 9.26. The average Bonchev–Trinajstić information content (AvgIpc) is 3.36. The van der Waals surface area contributed by atoms with Gasteiger partial charge in [-0.1, -0.05) is 18.2 Å². The molecule has 0 spiro atoms. The quantitative estimate of drug-likeness (QED) is 0.614. The van der Waals surface area contributed by atoms with Gasteiger partial charge in [0.05, 0.1) is 17.0 Å². The Morgan fingerprint density at radius 2 is 2.00 bits per heavy atom. The number of aryl methyl sites for hydroxylation is 1. The SMILES string of the molecule is CC(=O)N1CC2CC2(c2cc3c(NC(C)c4cccc(C(F)F)c4F)ncnc3n(C)c2=O)C1. The lowest BCUT2D eigenvalue weighted by molar-refractivity contribution is -0.128. The summed E-state index contributed by atoms with van der Waals surface area (Å²) in [7, 11) is 1.63. The molecule has 10 heteroatoms. The minimum atomic E-state index is -2.92. The van der Waals surface area contributed by atoms with Gasteiger partial charge in [0.15, 0.2) is 0 Å². The van der Waals surface area contributed by atoms with Crippen molar-refractivity contribution in [3.63, 3.8) is 0 Å². The fraction of sp³-hybridized carbons (Fsp3) is 0.417. The fourth-order valence-electron chi connectivity index (χ4n) is 5.24. The minimum Gasteiger partial charge on any atom is -0.363 e. The highest BCUT2D eigenvalue weighted by molar-refractivity contribution is 5.87. The number of hydrogen-bond acceptors (Lipinski definition) is 5. The van der Waals surface area contributed by atoms with Gasteiger partial charge in [-0.05, 0) is 25.3 Å². The van der Waals surface area contributed by atoms with Gasteiger partial charge in [0.1, 0.15) is 23.6 Å². The molecule has 34 heavy (non-hydrogen) atoms. The van der Waals surface area contributed by atoms with Crippen LogP contribution < -0.4 is 10.9 Å². The smallest absolute Gasteiger partial charge is 0.266 e. The van der Waals surface area contributed by atoms with Crippen molar-refractivity contribution in [2.24, 2.45) is 13.0 Å². The maximum Gasteiger partial charge on any atom is 0.266 e. The molecule has 3 unspecified atom stereocenters. The number of amides is 1. The maximum atomic E-state index is 14.7. The number of nitrogens with one attached hydrogen (secondary N) is 1. The van der Waals surface area contributed by atoms with Crippen molar-refractivity contribution in [2.75, 3.05) is 18.4 Å². The Labute approximate surface area is 193 Å². The van der Waals surface area contributed by atoms with Crippen LogP contribution in [0.4, 0.5) is 19.0 Å². The highest BCUT2D eigenvalue weighted by atomic mass is 19.3. The number of nitrogens with zero attached hydrogens (tertiary/aromatic N) is 4. The number of likely N-dealkylation sites (tertiary alicyclic amines) is 1. The van der Waals surface area contributed by atoms with Crippen molar-refractivity contribution in [3.05, 3.63) is 63.5 Å². The van der Waals surface area contributed by atoms with E-state index in [1.807, 2.05) is 0 Å². The van der Waals surface area contributed by atoms with E-state index in [0.29, 0.717) is 35.5 Å². The lowest BCUT2D eigenvalue weighted by Crippen LogP contribution is -2.34. The van der Waals surface area contributed by atoms with Crippen LogP contribution in [0.5, 0.6) is 0 Å². The van der Waals surface area contributed by atoms with Crippen LogP contribution in [-0.2, 0) is 17.3 Å². The Morgan fingerprint density at radius 3 is 2.68 bits per heavy atom. The van der Waals surface area contributed by atoms with E-state index in [1.165, 1.54) is 30.0 Å². The van der Waals surface area contributed by atoms with E-state index in [0.717, 1.165) is 12.5 Å². The number of benzene rings is 1. The van der Waals surface area contributed by atoms with Crippen LogP contribution in [0, 0.1) is 11.7 Å². The molecule has 178 valence electrons. The highest BCUT2D eigenvalue weighted by Gasteiger charge is 2.62. The third kappa shape index (κ3) is 3.35. The number of pyridine rings is 1. The molecule has 2 aromatic heterocycles. The summed E-state index contributed by atoms with van der Waals surface area (Å²) in [5.74, 6) is -0.380. The van der Waals surface area contributed by atoms with Crippen molar-refractivity contribution in [2.45, 2.75) is 38.2 Å². The van der Waals surface area contributed by atoms with Crippen LogP contribution in [0.1, 0.15) is 49.4 Å². The van der Waals surface area contributed by atoms with Crippen molar-refractivity contribution >= 4 is 22.8 Å². The first-order valence-electron chi connectivity index (χ1n) is 11.1. The largest absolute Gasteiger partial charge is 0.363 e. The van der Waals surface area contributed by atoms with E-state index in [9.17, 15) is 22.8 Å². The molecule has 2 fully saturated rings. The van der Waals surface area contributed by atoms with Gasteiger partial charge in [0.2, 0.25) is 5.91 Å². The van der Waals surface area contributed by atoms with Crippen LogP contribution in [0.15, 0.2) is 35.4 Å². The Bertz CT molecular complexity index is 1370. The van der Waals surface area contributed by atoms with E-state index < -0.39 is 23.8 Å². The Morgan fingerprint density at radius 1 is 1.26 bits per heavy atom. The minimum absolute atomic E-state index is 0.0169. The van der Waals surface area contributed by atoms with Crippen LogP contribution in [0.3, 0.4) is 0 Å². The number of carbonyl (C=O) groups excluding carboxylic acids is 1. The molecule has 1 aromatic carbocycles. The molecule has 3 aromatic rings. The molecule has 1 aliphatic heterocycles. The molecule has 0 bridgehead atoms. The predicted octanol–water partition coefficient (Wildman–Crippen LogP) is 3.70. The van der Waals surface area contributed by atoms with Gasteiger partial charge >= 0.3 is 0 Å². The Hall–Kier alpha value is -3.43. The standard InChI is InChI=1S/C24H24F3N5O2/c1-12(15-5-4-6-16(19(15)25)20(26)27)30-21-17-7-18(23(34)31(3)22(17)29-11-28-21)24-8-14(24)9-32(10-24)13(2)33/h4-7,11-12,14,20H,8-10H2,1-3H3,(H,28,29,30). The number of aromatic nitrogens is 3. The highest BCUT2D eigenvalue weighted by Crippen LogP contribution is 2.58. The van der Waals surface area contributed by atoms with Gasteiger partial charge in [-0.3, -0.25) is 14.2 Å². The number of alkyl halides is 2. The Kier molecular flexibility index (Phi) is 5.14. The zero-order chi connectivity index (χ0) is 24.4. The normalized spacial score (nSPS) is 22.2. The lowest BCUT2D eigenvalue weighted by atomic mass is 9.95. The van der Waals surface area contributed by atoms with E-state index in [1.54, 1.807) is 24.9 Å². The molecule has 1 saturated carbocycles. The Balaban J connectivity index is 1.56. The molecule has 0 radical (unpaired) electrons. The maximum absolute atomic E-state index is 14.7. The number of carbonyl (C=O) groups is 1. The van der Waals surface area contributed by atoms with Crippen molar-refractivity contribution in [1.29, 1.82) is 0 Å². The number of halogens is 3. The fourth-order valence-corrected chi connectivity index (χ4v) is 5.24. The number of hydrogen-bond donors (Lipinski definition) is 1. The summed E-state index contributed by atoms with van der Waals surface area (Å²) in [5, 5.41) is 3.68. The van der Waals surface area contributed by atoms with Gasteiger partial charge < -0.3 is 10.2 Å². The van der Waals surface area contributed by atoms with Crippen LogP contribution in [0.2, 0.25) is 0 Å². The summed E-state index contributed by atoms with van der Waals surface area (Å²) in [6.45, 7) is 4.30. The zero-order valence-corrected chi connectivity index (χ0v) is 19.0. The van der Waals surface area contributed by atoms with E-state index in [2.05, 4.69) is 15.3 Å². The summed E-state index contributed by atoms with van der Waals surface area (Å²) >= 11 is 0. The number of piperidine rings is 1. The van der Waals surface area contributed by atoms with Crippen molar-refractivity contribution in [1.82, 2.24) is 19.4 Å². The molecule has 2 aliphatic rings. The average molecular weight is 471 g/mol. The zero-order valence-electron chi connectivity index (χ0n) is 19.0.